The van der Waals surface area contributed by atoms with E-state index in [-0.39, 0.29) is 12.5 Å². The maximum Gasteiger partial charge on any atom is 0.248 e. The zero-order valence-corrected chi connectivity index (χ0v) is 11.4. The van der Waals surface area contributed by atoms with Gasteiger partial charge < -0.3 is 14.6 Å². The van der Waals surface area contributed by atoms with E-state index in [0.717, 1.165) is 16.5 Å². The minimum Gasteiger partial charge on any atom is -0.480 e. The normalized spacial score (nSPS) is 17.7. The fourth-order valence-corrected chi connectivity index (χ4v) is 2.29. The van der Waals surface area contributed by atoms with Crippen molar-refractivity contribution in [3.63, 3.8) is 0 Å². The number of para-hydroxylation sites is 1. The molecule has 1 aromatic carbocycles. The van der Waals surface area contributed by atoms with E-state index in [1.54, 1.807) is 19.1 Å². The number of carbonyl (C=O) groups excluding carboxylic acids is 1. The number of aromatic amines is 1. The smallest absolute Gasteiger partial charge is 0.248 e. The number of methoxy groups -OCH3 is 1. The van der Waals surface area contributed by atoms with Crippen molar-refractivity contribution in [1.82, 2.24) is 9.88 Å². The Morgan fingerprint density at radius 1 is 1.40 bits per heavy atom. The van der Waals surface area contributed by atoms with Crippen LogP contribution in [0.2, 0.25) is 0 Å². The number of ether oxygens (including phenoxy) is 1. The van der Waals surface area contributed by atoms with Crippen molar-refractivity contribution in [2.24, 2.45) is 4.99 Å². The average molecular weight is 269 g/mol. The lowest BCUT2D eigenvalue weighted by atomic mass is 10.1. The number of H-pyrrole nitrogens is 1. The summed E-state index contributed by atoms with van der Waals surface area (Å²) in [7, 11) is 3.29. The summed E-state index contributed by atoms with van der Waals surface area (Å²) >= 11 is 0. The van der Waals surface area contributed by atoms with E-state index in [0.29, 0.717) is 11.6 Å². The molecule has 1 amide bonds. The number of hydrogen-bond donors (Lipinski definition) is 1. The molecule has 0 atom stereocenters. The van der Waals surface area contributed by atoms with Crippen LogP contribution in [0.15, 0.2) is 41.2 Å². The summed E-state index contributed by atoms with van der Waals surface area (Å²) in [5, 5.41) is 1.10. The highest BCUT2D eigenvalue weighted by Gasteiger charge is 2.24. The molecule has 0 fully saturated rings. The molecule has 2 aromatic rings. The molecule has 2 heterocycles. The molecule has 0 bridgehead atoms. The number of aromatic nitrogens is 1. The molecule has 3 rings (SSSR count). The van der Waals surface area contributed by atoms with Crippen molar-refractivity contribution < 1.29 is 9.53 Å². The molecule has 0 radical (unpaired) electrons. The lowest BCUT2D eigenvalue weighted by molar-refractivity contribution is -0.126. The van der Waals surface area contributed by atoms with E-state index < -0.39 is 0 Å². The topological polar surface area (TPSA) is 57.7 Å². The van der Waals surface area contributed by atoms with Gasteiger partial charge in [-0.05, 0) is 12.1 Å². The van der Waals surface area contributed by atoms with Gasteiger partial charge in [0.1, 0.15) is 12.2 Å². The van der Waals surface area contributed by atoms with Gasteiger partial charge in [-0.3, -0.25) is 4.79 Å². The first-order valence-corrected chi connectivity index (χ1v) is 6.34. The van der Waals surface area contributed by atoms with Crippen molar-refractivity contribution >= 4 is 28.8 Å². The zero-order valence-electron chi connectivity index (χ0n) is 11.4. The van der Waals surface area contributed by atoms with Crippen molar-refractivity contribution in [2.75, 3.05) is 20.7 Å². The van der Waals surface area contributed by atoms with Crippen molar-refractivity contribution in [3.05, 3.63) is 41.7 Å². The third-order valence-corrected chi connectivity index (χ3v) is 3.42. The number of hydrogen-bond acceptors (Lipinski definition) is 3. The molecule has 0 saturated heterocycles. The number of benzene rings is 1. The maximum absolute atomic E-state index is 11.8. The molecule has 1 aliphatic rings. The second-order valence-electron chi connectivity index (χ2n) is 4.60. The van der Waals surface area contributed by atoms with Crippen LogP contribution in [0.25, 0.3) is 17.0 Å². The van der Waals surface area contributed by atoms with Gasteiger partial charge in [0.2, 0.25) is 11.8 Å². The molecule has 0 spiro atoms. The molecular formula is C15H15N3O2. The minimum atomic E-state index is -0.0445. The number of rotatable bonds is 1. The lowest BCUT2D eigenvalue weighted by Gasteiger charge is -2.24. The first-order valence-electron chi connectivity index (χ1n) is 6.34. The largest absolute Gasteiger partial charge is 0.480 e. The third-order valence-electron chi connectivity index (χ3n) is 3.42. The van der Waals surface area contributed by atoms with Crippen LogP contribution in [0, 0.1) is 0 Å². The van der Waals surface area contributed by atoms with Gasteiger partial charge in [0.15, 0.2) is 0 Å². The van der Waals surface area contributed by atoms with E-state index in [9.17, 15) is 4.79 Å². The van der Waals surface area contributed by atoms with Gasteiger partial charge in [-0.1, -0.05) is 18.2 Å². The molecule has 0 unspecified atom stereocenters. The standard InChI is InChI=1S/C15H15N3O2/c1-18-13(15(20-2)17-9-14(18)19)7-10-8-16-12-6-4-3-5-11(10)12/h3-8,16H,9H2,1-2H3. The fraction of sp³-hybridized carbons (Fsp3) is 0.200. The zero-order chi connectivity index (χ0) is 14.1. The highest BCUT2D eigenvalue weighted by atomic mass is 16.5. The van der Waals surface area contributed by atoms with Gasteiger partial charge in [-0.25, -0.2) is 4.99 Å². The SMILES string of the molecule is COC1=NCC(=O)N(C)C1=Cc1c[nH]c2ccccc12. The quantitative estimate of drug-likeness (QED) is 0.861. The molecule has 1 aromatic heterocycles. The highest BCUT2D eigenvalue weighted by molar-refractivity contribution is 6.06. The first kappa shape index (κ1) is 12.5. The second kappa shape index (κ2) is 4.85. The molecule has 102 valence electrons. The predicted molar refractivity (Wildman–Crippen MR) is 78.4 cm³/mol. The lowest BCUT2D eigenvalue weighted by Crippen LogP contribution is -2.36. The van der Waals surface area contributed by atoms with Crippen LogP contribution in [0.4, 0.5) is 0 Å². The van der Waals surface area contributed by atoms with Crippen LogP contribution in [0.1, 0.15) is 5.56 Å². The molecule has 1 aliphatic heterocycles. The van der Waals surface area contributed by atoms with Crippen LogP contribution in [-0.4, -0.2) is 42.4 Å². The van der Waals surface area contributed by atoms with Gasteiger partial charge in [-0.2, -0.15) is 0 Å². The molecular weight excluding hydrogens is 254 g/mol. The number of fused-ring (bicyclic) bond motifs is 1. The van der Waals surface area contributed by atoms with Gasteiger partial charge in [0.25, 0.3) is 0 Å². The van der Waals surface area contributed by atoms with Crippen LogP contribution in [0.3, 0.4) is 0 Å². The summed E-state index contributed by atoms with van der Waals surface area (Å²) in [5.41, 5.74) is 2.73. The number of carbonyl (C=O) groups is 1. The first-order chi connectivity index (χ1) is 9.70. The Kier molecular flexibility index (Phi) is 3.02. The molecule has 0 saturated carbocycles. The van der Waals surface area contributed by atoms with E-state index in [1.165, 1.54) is 0 Å². The van der Waals surface area contributed by atoms with Gasteiger partial charge in [-0.15, -0.1) is 0 Å². The van der Waals surface area contributed by atoms with E-state index >= 15 is 0 Å². The fourth-order valence-electron chi connectivity index (χ4n) is 2.29. The Morgan fingerprint density at radius 2 is 2.20 bits per heavy atom. The predicted octanol–water partition coefficient (Wildman–Crippen LogP) is 2.03. The van der Waals surface area contributed by atoms with Crippen LogP contribution < -0.4 is 0 Å². The molecule has 5 heteroatoms. The van der Waals surface area contributed by atoms with Crippen molar-refractivity contribution in [3.8, 4) is 0 Å². The molecule has 0 aliphatic carbocycles. The number of nitrogens with one attached hydrogen (secondary N) is 1. The number of likely N-dealkylation sites (N-methyl/N-ethyl adjacent to an activating group) is 1. The maximum atomic E-state index is 11.8. The Hall–Kier alpha value is -2.56. The van der Waals surface area contributed by atoms with Crippen LogP contribution in [-0.2, 0) is 9.53 Å². The Labute approximate surface area is 116 Å². The van der Waals surface area contributed by atoms with Crippen molar-refractivity contribution in [2.45, 2.75) is 0 Å². The number of nitrogens with zero attached hydrogens (tertiary/aromatic N) is 2. The Balaban J connectivity index is 2.12. The monoisotopic (exact) mass is 269 g/mol. The summed E-state index contributed by atoms with van der Waals surface area (Å²) in [4.78, 5) is 20.7. The second-order valence-corrected chi connectivity index (χ2v) is 4.60. The summed E-state index contributed by atoms with van der Waals surface area (Å²) < 4.78 is 5.26. The third kappa shape index (κ3) is 1.97. The highest BCUT2D eigenvalue weighted by Crippen LogP contribution is 2.22. The summed E-state index contributed by atoms with van der Waals surface area (Å²) in [6.45, 7) is 0.130. The summed E-state index contributed by atoms with van der Waals surface area (Å²) in [6.07, 6.45) is 3.83. The van der Waals surface area contributed by atoms with E-state index in [4.69, 9.17) is 4.74 Å². The number of aliphatic imine (C=N–C) groups is 1. The van der Waals surface area contributed by atoms with Crippen LogP contribution >= 0.6 is 0 Å². The minimum absolute atomic E-state index is 0.0445. The van der Waals surface area contributed by atoms with Gasteiger partial charge in [0.05, 0.1) is 7.11 Å². The molecule has 20 heavy (non-hydrogen) atoms. The van der Waals surface area contributed by atoms with E-state index in [2.05, 4.69) is 9.98 Å². The van der Waals surface area contributed by atoms with Gasteiger partial charge >= 0.3 is 0 Å². The Bertz CT molecular complexity index is 728. The summed E-state index contributed by atoms with van der Waals surface area (Å²) in [5.74, 6) is 0.439. The molecule has 5 nitrogen and oxygen atoms in total. The Morgan fingerprint density at radius 3 is 3.00 bits per heavy atom. The average Bonchev–Trinajstić information content (AvgIpc) is 2.88. The van der Waals surface area contributed by atoms with Crippen LogP contribution in [0.5, 0.6) is 0 Å². The summed E-state index contributed by atoms with van der Waals surface area (Å²) in [6, 6.07) is 8.01. The molecule has 1 N–H and O–H groups in total. The van der Waals surface area contributed by atoms with Gasteiger partial charge in [0, 0.05) is 29.7 Å². The number of amides is 1. The van der Waals surface area contributed by atoms with Crippen molar-refractivity contribution in [1.29, 1.82) is 0 Å². The van der Waals surface area contributed by atoms with E-state index in [1.807, 2.05) is 36.5 Å².